The molecule has 5 heteroatoms. The normalized spacial score (nSPS) is 24.1. The van der Waals surface area contributed by atoms with Gasteiger partial charge in [-0.15, -0.1) is 11.3 Å². The number of thiazole rings is 1. The molecule has 0 aliphatic carbocycles. The smallest absolute Gasteiger partial charge is 0.107 e. The van der Waals surface area contributed by atoms with Crippen molar-refractivity contribution < 1.29 is 0 Å². The standard InChI is InChI=1S/C16H28N4S/c1-2-6-17-10-16-18-14(13-21-16)11-19-8-9-20-7-4-3-5-15(20)12-19/h13,15,17H,2-12H2,1H3. The molecule has 1 aromatic rings. The number of piperazine rings is 1. The van der Waals surface area contributed by atoms with Crippen molar-refractivity contribution in [3.63, 3.8) is 0 Å². The van der Waals surface area contributed by atoms with Crippen LogP contribution in [0.15, 0.2) is 5.38 Å². The fraction of sp³-hybridized carbons (Fsp3) is 0.812. The molecule has 1 unspecified atom stereocenters. The Hall–Kier alpha value is -0.490. The van der Waals surface area contributed by atoms with E-state index in [0.29, 0.717) is 0 Å². The highest BCUT2D eigenvalue weighted by atomic mass is 32.1. The van der Waals surface area contributed by atoms with Crippen LogP contribution in [0.3, 0.4) is 0 Å². The third-order valence-corrected chi connectivity index (χ3v) is 5.51. The van der Waals surface area contributed by atoms with E-state index in [-0.39, 0.29) is 0 Å². The molecular weight excluding hydrogens is 280 g/mol. The Labute approximate surface area is 132 Å². The van der Waals surface area contributed by atoms with Gasteiger partial charge in [-0.2, -0.15) is 0 Å². The van der Waals surface area contributed by atoms with E-state index >= 15 is 0 Å². The van der Waals surface area contributed by atoms with Crippen LogP contribution >= 0.6 is 11.3 Å². The first-order valence-corrected chi connectivity index (χ1v) is 9.33. The van der Waals surface area contributed by atoms with Crippen LogP contribution in [0.1, 0.15) is 43.3 Å². The fourth-order valence-corrected chi connectivity index (χ4v) is 4.22. The van der Waals surface area contributed by atoms with Gasteiger partial charge in [-0.25, -0.2) is 4.98 Å². The predicted molar refractivity (Wildman–Crippen MR) is 88.6 cm³/mol. The maximum Gasteiger partial charge on any atom is 0.107 e. The van der Waals surface area contributed by atoms with Crippen molar-refractivity contribution >= 4 is 11.3 Å². The number of nitrogens with zero attached hydrogens (tertiary/aromatic N) is 3. The molecule has 0 saturated carbocycles. The lowest BCUT2D eigenvalue weighted by atomic mass is 9.99. The number of aromatic nitrogens is 1. The average molecular weight is 308 g/mol. The Morgan fingerprint density at radius 3 is 3.19 bits per heavy atom. The van der Waals surface area contributed by atoms with Gasteiger partial charge in [0.05, 0.1) is 5.69 Å². The maximum atomic E-state index is 4.78. The molecule has 0 spiro atoms. The number of piperidine rings is 1. The highest BCUT2D eigenvalue weighted by molar-refractivity contribution is 7.09. The van der Waals surface area contributed by atoms with Gasteiger partial charge in [0.2, 0.25) is 0 Å². The molecule has 2 fully saturated rings. The zero-order valence-corrected chi connectivity index (χ0v) is 14.0. The summed E-state index contributed by atoms with van der Waals surface area (Å²) in [4.78, 5) is 10.1. The van der Waals surface area contributed by atoms with Crippen molar-refractivity contribution in [2.75, 3.05) is 32.7 Å². The highest BCUT2D eigenvalue weighted by Gasteiger charge is 2.28. The monoisotopic (exact) mass is 308 g/mol. The van der Waals surface area contributed by atoms with E-state index < -0.39 is 0 Å². The van der Waals surface area contributed by atoms with Crippen LogP contribution in [-0.2, 0) is 13.1 Å². The van der Waals surface area contributed by atoms with Crippen LogP contribution < -0.4 is 5.32 Å². The molecule has 2 saturated heterocycles. The van der Waals surface area contributed by atoms with Crippen molar-refractivity contribution in [1.82, 2.24) is 20.1 Å². The van der Waals surface area contributed by atoms with E-state index in [9.17, 15) is 0 Å². The molecule has 0 bridgehead atoms. The van der Waals surface area contributed by atoms with Crippen LogP contribution in [0.25, 0.3) is 0 Å². The molecule has 0 aromatic carbocycles. The Bertz CT molecular complexity index is 434. The maximum absolute atomic E-state index is 4.78. The van der Waals surface area contributed by atoms with Crippen molar-refractivity contribution in [2.24, 2.45) is 0 Å². The highest BCUT2D eigenvalue weighted by Crippen LogP contribution is 2.22. The van der Waals surface area contributed by atoms with E-state index in [0.717, 1.165) is 25.7 Å². The summed E-state index contributed by atoms with van der Waals surface area (Å²) in [6.07, 6.45) is 5.39. The molecule has 0 radical (unpaired) electrons. The molecule has 0 amide bonds. The molecule has 3 rings (SSSR count). The first-order chi connectivity index (χ1) is 10.3. The van der Waals surface area contributed by atoms with Gasteiger partial charge < -0.3 is 5.32 Å². The first-order valence-electron chi connectivity index (χ1n) is 8.45. The Balaban J connectivity index is 1.48. The molecule has 21 heavy (non-hydrogen) atoms. The summed E-state index contributed by atoms with van der Waals surface area (Å²) in [5.74, 6) is 0. The molecule has 2 aliphatic rings. The Morgan fingerprint density at radius 1 is 1.33 bits per heavy atom. The minimum Gasteiger partial charge on any atom is -0.310 e. The van der Waals surface area contributed by atoms with E-state index in [1.54, 1.807) is 11.3 Å². The molecule has 118 valence electrons. The van der Waals surface area contributed by atoms with Gasteiger partial charge in [-0.3, -0.25) is 9.80 Å². The van der Waals surface area contributed by atoms with E-state index in [4.69, 9.17) is 4.98 Å². The molecule has 1 N–H and O–H groups in total. The molecule has 3 heterocycles. The number of rotatable bonds is 6. The van der Waals surface area contributed by atoms with Crippen LogP contribution in [0.5, 0.6) is 0 Å². The second kappa shape index (κ2) is 7.68. The van der Waals surface area contributed by atoms with E-state index in [1.807, 2.05) is 0 Å². The zero-order chi connectivity index (χ0) is 14.5. The quantitative estimate of drug-likeness (QED) is 0.817. The zero-order valence-electron chi connectivity index (χ0n) is 13.2. The summed E-state index contributed by atoms with van der Waals surface area (Å²) < 4.78 is 0. The number of hydrogen-bond acceptors (Lipinski definition) is 5. The summed E-state index contributed by atoms with van der Waals surface area (Å²) in [6.45, 7) is 10.3. The number of hydrogen-bond donors (Lipinski definition) is 1. The van der Waals surface area contributed by atoms with Crippen LogP contribution in [0.2, 0.25) is 0 Å². The van der Waals surface area contributed by atoms with E-state index in [1.165, 1.54) is 62.6 Å². The van der Waals surface area contributed by atoms with Crippen molar-refractivity contribution in [3.05, 3.63) is 16.1 Å². The van der Waals surface area contributed by atoms with Gasteiger partial charge in [0.25, 0.3) is 0 Å². The molecule has 2 aliphatic heterocycles. The number of fused-ring (bicyclic) bond motifs is 1. The molecule has 1 aromatic heterocycles. The summed E-state index contributed by atoms with van der Waals surface area (Å²) in [5.41, 5.74) is 1.26. The minimum atomic E-state index is 0.803. The Kier molecular flexibility index (Phi) is 5.63. The molecular formula is C16H28N4S. The SMILES string of the molecule is CCCNCc1nc(CN2CCN3CCCCC3C2)cs1. The lowest BCUT2D eigenvalue weighted by Gasteiger charge is -2.43. The van der Waals surface area contributed by atoms with E-state index in [2.05, 4.69) is 27.4 Å². The van der Waals surface area contributed by atoms with Crippen LogP contribution in [-0.4, -0.2) is 53.5 Å². The summed E-state index contributed by atoms with van der Waals surface area (Å²) in [7, 11) is 0. The minimum absolute atomic E-state index is 0.803. The van der Waals surface area contributed by atoms with Gasteiger partial charge in [0.15, 0.2) is 0 Å². The first kappa shape index (κ1) is 15.4. The third kappa shape index (κ3) is 4.25. The second-order valence-corrected chi connectivity index (χ2v) is 7.27. The predicted octanol–water partition coefficient (Wildman–Crippen LogP) is 2.31. The topological polar surface area (TPSA) is 31.4 Å². The van der Waals surface area contributed by atoms with Crippen molar-refractivity contribution in [1.29, 1.82) is 0 Å². The van der Waals surface area contributed by atoms with Gasteiger partial charge in [-0.1, -0.05) is 13.3 Å². The largest absolute Gasteiger partial charge is 0.310 e. The Morgan fingerprint density at radius 2 is 2.29 bits per heavy atom. The van der Waals surface area contributed by atoms with Gasteiger partial charge >= 0.3 is 0 Å². The summed E-state index contributed by atoms with van der Waals surface area (Å²) in [5, 5.41) is 6.91. The molecule has 4 nitrogen and oxygen atoms in total. The van der Waals surface area contributed by atoms with Crippen molar-refractivity contribution in [3.8, 4) is 0 Å². The van der Waals surface area contributed by atoms with Gasteiger partial charge in [0, 0.05) is 44.1 Å². The average Bonchev–Trinajstić information content (AvgIpc) is 2.95. The lowest BCUT2D eigenvalue weighted by molar-refractivity contribution is 0.0452. The van der Waals surface area contributed by atoms with Crippen molar-refractivity contribution in [2.45, 2.75) is 51.7 Å². The van der Waals surface area contributed by atoms with Gasteiger partial charge in [-0.05, 0) is 32.4 Å². The number of nitrogens with one attached hydrogen (secondary N) is 1. The van der Waals surface area contributed by atoms with Crippen LogP contribution in [0.4, 0.5) is 0 Å². The third-order valence-electron chi connectivity index (χ3n) is 4.61. The summed E-state index contributed by atoms with van der Waals surface area (Å²) >= 11 is 1.80. The fourth-order valence-electron chi connectivity index (χ4n) is 3.47. The summed E-state index contributed by atoms with van der Waals surface area (Å²) in [6, 6.07) is 0.803. The lowest BCUT2D eigenvalue weighted by Crippen LogP contribution is -2.54. The van der Waals surface area contributed by atoms with Crippen LogP contribution in [0, 0.1) is 0 Å². The van der Waals surface area contributed by atoms with Gasteiger partial charge in [0.1, 0.15) is 5.01 Å². The molecule has 1 atom stereocenters. The second-order valence-electron chi connectivity index (χ2n) is 6.33.